The highest BCUT2D eigenvalue weighted by atomic mass is 15.0. The minimum atomic E-state index is 0.720. The molecule has 0 amide bonds. The summed E-state index contributed by atoms with van der Waals surface area (Å²) in [6, 6.07) is 8.16. The van der Waals surface area contributed by atoms with Crippen molar-refractivity contribution in [3.05, 3.63) is 35.8 Å². The summed E-state index contributed by atoms with van der Waals surface area (Å²) in [5.74, 6) is 0.869. The van der Waals surface area contributed by atoms with Crippen molar-refractivity contribution in [2.24, 2.45) is 0 Å². The Morgan fingerprint density at radius 2 is 2.00 bits per heavy atom. The molecule has 3 nitrogen and oxygen atoms in total. The summed E-state index contributed by atoms with van der Waals surface area (Å²) in [7, 11) is 1.91. The molecule has 1 aromatic heterocycles. The van der Waals surface area contributed by atoms with E-state index in [0.717, 1.165) is 30.0 Å². The van der Waals surface area contributed by atoms with Crippen molar-refractivity contribution in [3.8, 4) is 0 Å². The molecule has 0 bridgehead atoms. The van der Waals surface area contributed by atoms with Gasteiger partial charge in [-0.05, 0) is 19.5 Å². The first-order valence-corrected chi connectivity index (χ1v) is 5.24. The fraction of sp³-hybridized carbons (Fsp3) is 0.333. The van der Waals surface area contributed by atoms with E-state index in [1.807, 2.05) is 25.2 Å². The molecule has 3 heteroatoms. The van der Waals surface area contributed by atoms with Gasteiger partial charge in [-0.2, -0.15) is 0 Å². The maximum absolute atomic E-state index is 4.54. The molecule has 1 N–H and O–H groups in total. The largest absolute Gasteiger partial charge is 0.313 e. The van der Waals surface area contributed by atoms with Crippen molar-refractivity contribution < 1.29 is 0 Å². The van der Waals surface area contributed by atoms with Crippen LogP contribution in [0.25, 0.3) is 10.9 Å². The Morgan fingerprint density at radius 1 is 1.20 bits per heavy atom. The number of hydrogen-bond donors (Lipinski definition) is 1. The monoisotopic (exact) mass is 201 g/mol. The predicted molar refractivity (Wildman–Crippen MR) is 61.7 cm³/mol. The molecule has 0 saturated heterocycles. The van der Waals surface area contributed by atoms with Crippen molar-refractivity contribution in [3.63, 3.8) is 0 Å². The summed E-state index contributed by atoms with van der Waals surface area (Å²) >= 11 is 0. The molecule has 2 aromatic rings. The van der Waals surface area contributed by atoms with Crippen LogP contribution in [0.4, 0.5) is 0 Å². The molecule has 0 atom stereocenters. The number of benzene rings is 1. The first-order valence-electron chi connectivity index (χ1n) is 5.24. The Hall–Kier alpha value is -1.48. The Labute approximate surface area is 89.6 Å². The van der Waals surface area contributed by atoms with Gasteiger partial charge in [-0.1, -0.05) is 25.1 Å². The lowest BCUT2D eigenvalue weighted by atomic mass is 10.1. The minimum Gasteiger partial charge on any atom is -0.313 e. The van der Waals surface area contributed by atoms with Crippen LogP contribution in [0.15, 0.2) is 24.3 Å². The number of para-hydroxylation sites is 1. The van der Waals surface area contributed by atoms with E-state index in [1.54, 1.807) is 0 Å². The van der Waals surface area contributed by atoms with E-state index >= 15 is 0 Å². The van der Waals surface area contributed by atoms with E-state index in [-0.39, 0.29) is 0 Å². The zero-order valence-corrected chi connectivity index (χ0v) is 9.12. The van der Waals surface area contributed by atoms with Crippen molar-refractivity contribution >= 4 is 10.9 Å². The lowest BCUT2D eigenvalue weighted by molar-refractivity contribution is 0.755. The van der Waals surface area contributed by atoms with Crippen LogP contribution < -0.4 is 5.32 Å². The van der Waals surface area contributed by atoms with Gasteiger partial charge in [0.1, 0.15) is 5.82 Å². The SMILES string of the molecule is CCc1nc(CNC)nc2ccccc12. The summed E-state index contributed by atoms with van der Waals surface area (Å²) in [5, 5.41) is 4.24. The third kappa shape index (κ3) is 1.97. The van der Waals surface area contributed by atoms with Crippen LogP contribution in [0.1, 0.15) is 18.4 Å². The van der Waals surface area contributed by atoms with Gasteiger partial charge in [-0.25, -0.2) is 9.97 Å². The van der Waals surface area contributed by atoms with E-state index in [4.69, 9.17) is 0 Å². The normalized spacial score (nSPS) is 10.8. The van der Waals surface area contributed by atoms with Crippen molar-refractivity contribution in [2.45, 2.75) is 19.9 Å². The maximum atomic E-state index is 4.54. The van der Waals surface area contributed by atoms with E-state index in [2.05, 4.69) is 28.3 Å². The highest BCUT2D eigenvalue weighted by Gasteiger charge is 2.04. The van der Waals surface area contributed by atoms with E-state index < -0.39 is 0 Å². The molecular weight excluding hydrogens is 186 g/mol. The van der Waals surface area contributed by atoms with Crippen LogP contribution in [0, 0.1) is 0 Å². The van der Waals surface area contributed by atoms with Gasteiger partial charge in [0.2, 0.25) is 0 Å². The zero-order valence-electron chi connectivity index (χ0n) is 9.12. The van der Waals surface area contributed by atoms with Gasteiger partial charge in [-0.15, -0.1) is 0 Å². The van der Waals surface area contributed by atoms with E-state index in [0.29, 0.717) is 0 Å². The average molecular weight is 201 g/mol. The summed E-state index contributed by atoms with van der Waals surface area (Å²) in [6.45, 7) is 2.84. The van der Waals surface area contributed by atoms with E-state index in [1.165, 1.54) is 5.39 Å². The maximum Gasteiger partial charge on any atom is 0.143 e. The number of rotatable bonds is 3. The molecule has 0 aliphatic rings. The summed E-state index contributed by atoms with van der Waals surface area (Å²) in [5.41, 5.74) is 2.17. The van der Waals surface area contributed by atoms with Crippen LogP contribution in [0.2, 0.25) is 0 Å². The summed E-state index contributed by atoms with van der Waals surface area (Å²) in [4.78, 5) is 9.04. The first-order chi connectivity index (χ1) is 7.35. The number of hydrogen-bond acceptors (Lipinski definition) is 3. The average Bonchev–Trinajstić information content (AvgIpc) is 2.28. The number of aromatic nitrogens is 2. The van der Waals surface area contributed by atoms with Gasteiger partial charge in [-0.3, -0.25) is 0 Å². The molecular formula is C12H15N3. The van der Waals surface area contributed by atoms with Crippen molar-refractivity contribution in [1.82, 2.24) is 15.3 Å². The van der Waals surface area contributed by atoms with Crippen LogP contribution in [-0.4, -0.2) is 17.0 Å². The number of nitrogens with one attached hydrogen (secondary N) is 1. The van der Waals surface area contributed by atoms with Crippen molar-refractivity contribution in [2.75, 3.05) is 7.05 Å². The van der Waals surface area contributed by atoms with Gasteiger partial charge < -0.3 is 5.32 Å². The molecule has 15 heavy (non-hydrogen) atoms. The Morgan fingerprint density at radius 3 is 2.73 bits per heavy atom. The smallest absolute Gasteiger partial charge is 0.143 e. The molecule has 2 rings (SSSR count). The van der Waals surface area contributed by atoms with Gasteiger partial charge in [0.15, 0.2) is 0 Å². The number of nitrogens with zero attached hydrogens (tertiary/aromatic N) is 2. The molecule has 0 radical (unpaired) electrons. The quantitative estimate of drug-likeness (QED) is 0.824. The number of fused-ring (bicyclic) bond motifs is 1. The number of aryl methyl sites for hydroxylation is 1. The Kier molecular flexibility index (Phi) is 2.92. The molecule has 0 saturated carbocycles. The summed E-state index contributed by atoms with van der Waals surface area (Å²) in [6.07, 6.45) is 0.944. The fourth-order valence-corrected chi connectivity index (χ4v) is 1.70. The second-order valence-electron chi connectivity index (χ2n) is 3.49. The van der Waals surface area contributed by atoms with Crippen molar-refractivity contribution in [1.29, 1.82) is 0 Å². The molecule has 0 aliphatic carbocycles. The highest BCUT2D eigenvalue weighted by molar-refractivity contribution is 5.80. The van der Waals surface area contributed by atoms with Crippen LogP contribution in [0.3, 0.4) is 0 Å². The lowest BCUT2D eigenvalue weighted by Crippen LogP contribution is -2.10. The molecule has 0 aliphatic heterocycles. The molecule has 1 aromatic carbocycles. The van der Waals surface area contributed by atoms with E-state index in [9.17, 15) is 0 Å². The molecule has 78 valence electrons. The van der Waals surface area contributed by atoms with Crippen LogP contribution in [0.5, 0.6) is 0 Å². The minimum absolute atomic E-state index is 0.720. The predicted octanol–water partition coefficient (Wildman–Crippen LogP) is 1.91. The van der Waals surface area contributed by atoms with Gasteiger partial charge in [0.05, 0.1) is 17.8 Å². The Balaban J connectivity index is 2.60. The first kappa shape index (κ1) is 10.1. The van der Waals surface area contributed by atoms with Crippen LogP contribution >= 0.6 is 0 Å². The summed E-state index contributed by atoms with van der Waals surface area (Å²) < 4.78 is 0. The van der Waals surface area contributed by atoms with Gasteiger partial charge in [0, 0.05) is 5.39 Å². The van der Waals surface area contributed by atoms with Crippen LogP contribution in [-0.2, 0) is 13.0 Å². The second kappa shape index (κ2) is 4.36. The Bertz CT molecular complexity index is 465. The fourth-order valence-electron chi connectivity index (χ4n) is 1.70. The third-order valence-corrected chi connectivity index (χ3v) is 2.40. The molecule has 0 unspecified atom stereocenters. The topological polar surface area (TPSA) is 37.8 Å². The lowest BCUT2D eigenvalue weighted by Gasteiger charge is -2.06. The molecule has 1 heterocycles. The zero-order chi connectivity index (χ0) is 10.7. The molecule has 0 fully saturated rings. The standard InChI is InChI=1S/C12H15N3/c1-3-10-9-6-4-5-7-11(9)15-12(14-10)8-13-2/h4-7,13H,3,8H2,1-2H3. The second-order valence-corrected chi connectivity index (χ2v) is 3.49. The van der Waals surface area contributed by atoms with Gasteiger partial charge >= 0.3 is 0 Å². The highest BCUT2D eigenvalue weighted by Crippen LogP contribution is 2.15. The molecule has 0 spiro atoms. The third-order valence-electron chi connectivity index (χ3n) is 2.40. The van der Waals surface area contributed by atoms with Gasteiger partial charge in [0.25, 0.3) is 0 Å².